The lowest BCUT2D eigenvalue weighted by atomic mass is 9.98. The largest absolute Gasteiger partial charge is 0.292 e. The second-order valence-corrected chi connectivity index (χ2v) is 8.07. The normalized spacial score (nSPS) is 16.4. The van der Waals surface area contributed by atoms with Crippen LogP contribution in [-0.4, -0.2) is 22.8 Å². The van der Waals surface area contributed by atoms with Crippen LogP contribution in [0.5, 0.6) is 0 Å². The van der Waals surface area contributed by atoms with Crippen molar-refractivity contribution in [3.8, 4) is 0 Å². The van der Waals surface area contributed by atoms with E-state index in [0.717, 1.165) is 21.3 Å². The number of halogens is 1. The molecule has 0 saturated heterocycles. The second-order valence-electron chi connectivity index (χ2n) is 7.06. The topological polar surface area (TPSA) is 57.9 Å². The van der Waals surface area contributed by atoms with Gasteiger partial charge in [0.25, 0.3) is 5.91 Å². The lowest BCUT2D eigenvalue weighted by Crippen LogP contribution is -2.28. The van der Waals surface area contributed by atoms with Gasteiger partial charge in [0, 0.05) is 6.21 Å². The SMILES string of the molecule is O=C1C(C=NCc2ccc(F)cc2)C(c2ccccc2)=NN1c1nc2ccccc2s1. The van der Waals surface area contributed by atoms with E-state index in [1.165, 1.54) is 28.5 Å². The summed E-state index contributed by atoms with van der Waals surface area (Å²) in [5.41, 5.74) is 3.19. The van der Waals surface area contributed by atoms with E-state index in [4.69, 9.17) is 0 Å². The molecule has 4 aromatic rings. The maximum atomic E-state index is 13.3. The number of hydrogen-bond acceptors (Lipinski definition) is 5. The zero-order chi connectivity index (χ0) is 21.2. The van der Waals surface area contributed by atoms with E-state index in [0.29, 0.717) is 17.4 Å². The van der Waals surface area contributed by atoms with Crippen LogP contribution in [0.15, 0.2) is 89.0 Å². The Labute approximate surface area is 182 Å². The fraction of sp³-hybridized carbons (Fsp3) is 0.0833. The molecule has 1 aliphatic heterocycles. The van der Waals surface area contributed by atoms with E-state index < -0.39 is 5.92 Å². The van der Waals surface area contributed by atoms with Gasteiger partial charge in [-0.15, -0.1) is 0 Å². The van der Waals surface area contributed by atoms with E-state index in [9.17, 15) is 9.18 Å². The molecule has 31 heavy (non-hydrogen) atoms. The van der Waals surface area contributed by atoms with Gasteiger partial charge in [0.15, 0.2) is 0 Å². The molecule has 1 unspecified atom stereocenters. The third kappa shape index (κ3) is 3.87. The van der Waals surface area contributed by atoms with Crippen molar-refractivity contribution in [1.82, 2.24) is 4.98 Å². The summed E-state index contributed by atoms with van der Waals surface area (Å²) in [7, 11) is 0. The van der Waals surface area contributed by atoms with Crippen LogP contribution in [-0.2, 0) is 11.3 Å². The van der Waals surface area contributed by atoms with E-state index >= 15 is 0 Å². The molecule has 0 bridgehead atoms. The summed E-state index contributed by atoms with van der Waals surface area (Å²) in [6.07, 6.45) is 1.63. The smallest absolute Gasteiger partial charge is 0.264 e. The molecule has 5 nitrogen and oxygen atoms in total. The number of hydrazone groups is 1. The first kappa shape index (κ1) is 19.3. The second kappa shape index (κ2) is 8.20. The zero-order valence-electron chi connectivity index (χ0n) is 16.4. The van der Waals surface area contributed by atoms with Crippen molar-refractivity contribution < 1.29 is 9.18 Å². The maximum absolute atomic E-state index is 13.3. The van der Waals surface area contributed by atoms with Crippen molar-refractivity contribution in [3.63, 3.8) is 0 Å². The van der Waals surface area contributed by atoms with Crippen LogP contribution in [0.4, 0.5) is 9.52 Å². The monoisotopic (exact) mass is 428 g/mol. The van der Waals surface area contributed by atoms with Gasteiger partial charge in [-0.05, 0) is 35.4 Å². The Morgan fingerprint density at radius 2 is 1.74 bits per heavy atom. The highest BCUT2D eigenvalue weighted by molar-refractivity contribution is 7.22. The number of rotatable bonds is 5. The Morgan fingerprint density at radius 3 is 2.52 bits per heavy atom. The standard InChI is InChI=1S/C24H17FN4OS/c25-18-12-10-16(11-13-18)14-26-15-19-22(17-6-2-1-3-7-17)28-29(23(19)30)24-27-20-8-4-5-9-21(20)31-24/h1-13,15,19H,14H2. The van der Waals surface area contributed by atoms with E-state index in [-0.39, 0.29) is 11.7 Å². The van der Waals surface area contributed by atoms with Crippen molar-refractivity contribution in [3.05, 3.63) is 95.8 Å². The molecule has 0 fully saturated rings. The van der Waals surface area contributed by atoms with Gasteiger partial charge in [-0.1, -0.05) is 65.9 Å². The molecule has 5 rings (SSSR count). The third-order valence-corrected chi connectivity index (χ3v) is 5.96. The molecular weight excluding hydrogens is 411 g/mol. The highest BCUT2D eigenvalue weighted by Gasteiger charge is 2.37. The Bertz CT molecular complexity index is 1270. The van der Waals surface area contributed by atoms with Crippen LogP contribution in [0.1, 0.15) is 11.1 Å². The molecule has 0 aliphatic carbocycles. The number of para-hydroxylation sites is 1. The van der Waals surface area contributed by atoms with Crippen LogP contribution >= 0.6 is 11.3 Å². The van der Waals surface area contributed by atoms with Crippen molar-refractivity contribution in [2.75, 3.05) is 5.01 Å². The van der Waals surface area contributed by atoms with Crippen molar-refractivity contribution >= 4 is 44.5 Å². The number of anilines is 1. The minimum Gasteiger partial charge on any atom is -0.292 e. The highest BCUT2D eigenvalue weighted by atomic mass is 32.1. The molecule has 7 heteroatoms. The third-order valence-electron chi connectivity index (χ3n) is 4.95. The number of hydrogen-bond donors (Lipinski definition) is 0. The van der Waals surface area contributed by atoms with Crippen molar-refractivity contribution in [2.45, 2.75) is 6.54 Å². The van der Waals surface area contributed by atoms with E-state index in [1.807, 2.05) is 54.6 Å². The summed E-state index contributed by atoms with van der Waals surface area (Å²) >= 11 is 1.43. The zero-order valence-corrected chi connectivity index (χ0v) is 17.2. The van der Waals surface area contributed by atoms with Gasteiger partial charge in [-0.2, -0.15) is 10.1 Å². The van der Waals surface area contributed by atoms with Gasteiger partial charge in [0.2, 0.25) is 5.13 Å². The van der Waals surface area contributed by atoms with Gasteiger partial charge in [0.1, 0.15) is 11.7 Å². The molecular formula is C24H17FN4OS. The first-order chi connectivity index (χ1) is 15.2. The fourth-order valence-corrected chi connectivity index (χ4v) is 4.31. The number of aliphatic imine (C=N–C) groups is 1. The lowest BCUT2D eigenvalue weighted by molar-refractivity contribution is -0.118. The summed E-state index contributed by atoms with van der Waals surface area (Å²) in [6.45, 7) is 0.354. The van der Waals surface area contributed by atoms with Crippen LogP contribution in [0.3, 0.4) is 0 Å². The van der Waals surface area contributed by atoms with Crippen molar-refractivity contribution in [2.24, 2.45) is 16.0 Å². The Kier molecular flexibility index (Phi) is 5.09. The molecule has 0 spiro atoms. The molecule has 1 aromatic heterocycles. The van der Waals surface area contributed by atoms with Gasteiger partial charge >= 0.3 is 0 Å². The number of thiazole rings is 1. The van der Waals surface area contributed by atoms with Gasteiger partial charge < -0.3 is 0 Å². The van der Waals surface area contributed by atoms with Gasteiger partial charge in [0.05, 0.1) is 22.5 Å². The summed E-state index contributed by atoms with van der Waals surface area (Å²) < 4.78 is 14.1. The molecule has 152 valence electrons. The average molecular weight is 428 g/mol. The molecule has 1 aliphatic rings. The Hall–Kier alpha value is -3.71. The average Bonchev–Trinajstić information content (AvgIpc) is 3.37. The molecule has 0 radical (unpaired) electrons. The fourth-order valence-electron chi connectivity index (χ4n) is 3.39. The minimum absolute atomic E-state index is 0.194. The van der Waals surface area contributed by atoms with Gasteiger partial charge in [-0.25, -0.2) is 9.37 Å². The molecule has 1 amide bonds. The number of carbonyl (C=O) groups is 1. The van der Waals surface area contributed by atoms with E-state index in [1.54, 1.807) is 18.3 Å². The van der Waals surface area contributed by atoms with Gasteiger partial charge in [-0.3, -0.25) is 9.79 Å². The Morgan fingerprint density at radius 1 is 1.00 bits per heavy atom. The number of fused-ring (bicyclic) bond motifs is 1. The van der Waals surface area contributed by atoms with Crippen LogP contribution in [0.25, 0.3) is 10.2 Å². The first-order valence-corrected chi connectivity index (χ1v) is 10.6. The summed E-state index contributed by atoms with van der Waals surface area (Å²) in [4.78, 5) is 22.3. The molecule has 0 N–H and O–H groups in total. The predicted molar refractivity (Wildman–Crippen MR) is 122 cm³/mol. The summed E-state index contributed by atoms with van der Waals surface area (Å²) in [5.74, 6) is -1.10. The van der Waals surface area contributed by atoms with E-state index in [2.05, 4.69) is 15.1 Å². The number of nitrogens with zero attached hydrogens (tertiary/aromatic N) is 4. The number of benzene rings is 3. The first-order valence-electron chi connectivity index (χ1n) is 9.77. The van der Waals surface area contributed by atoms with Crippen LogP contribution in [0, 0.1) is 11.7 Å². The van der Waals surface area contributed by atoms with Crippen molar-refractivity contribution in [1.29, 1.82) is 0 Å². The number of carbonyl (C=O) groups excluding carboxylic acids is 1. The quantitative estimate of drug-likeness (QED) is 0.417. The Balaban J connectivity index is 1.47. The molecule has 0 saturated carbocycles. The molecule has 2 heterocycles. The lowest BCUT2D eigenvalue weighted by Gasteiger charge is -2.08. The number of amides is 1. The van der Waals surface area contributed by atoms with Crippen LogP contribution in [0.2, 0.25) is 0 Å². The summed E-state index contributed by atoms with van der Waals surface area (Å²) in [6, 6.07) is 23.5. The molecule has 1 atom stereocenters. The number of aromatic nitrogens is 1. The van der Waals surface area contributed by atoms with Crippen LogP contribution < -0.4 is 5.01 Å². The minimum atomic E-state index is -0.616. The highest BCUT2D eigenvalue weighted by Crippen LogP contribution is 2.33. The summed E-state index contributed by atoms with van der Waals surface area (Å²) in [5, 5.41) is 6.54. The molecule has 3 aromatic carbocycles. The maximum Gasteiger partial charge on any atom is 0.264 e. The predicted octanol–water partition coefficient (Wildman–Crippen LogP) is 5.07.